The average Bonchev–Trinajstić information content (AvgIpc) is 2.17. The van der Waals surface area contributed by atoms with E-state index < -0.39 is 15.4 Å². The molecule has 2 atom stereocenters. The number of allylic oxidation sites excluding steroid dienone is 2. The second-order valence-electron chi connectivity index (χ2n) is 4.44. The highest BCUT2D eigenvalue weighted by molar-refractivity contribution is 7.86. The molecule has 0 aliphatic heterocycles. The molecular formula is C11H20O4S. The Hall–Kier alpha value is -0.390. The molecule has 4 nitrogen and oxygen atoms in total. The Balaban J connectivity index is 2.87. The van der Waals surface area contributed by atoms with Gasteiger partial charge in [0.2, 0.25) is 0 Å². The predicted octanol–water partition coefficient (Wildman–Crippen LogP) is 2.03. The monoisotopic (exact) mass is 248 g/mol. The molecule has 0 unspecified atom stereocenters. The summed E-state index contributed by atoms with van der Waals surface area (Å²) in [6.07, 6.45) is 1.11. The van der Waals surface area contributed by atoms with Gasteiger partial charge < -0.3 is 4.74 Å². The maximum atomic E-state index is 11.3. The lowest BCUT2D eigenvalue weighted by Crippen LogP contribution is -2.35. The Kier molecular flexibility index (Phi) is 4.52. The zero-order valence-corrected chi connectivity index (χ0v) is 10.9. The van der Waals surface area contributed by atoms with Crippen LogP contribution in [0.1, 0.15) is 33.6 Å². The fourth-order valence-electron chi connectivity index (χ4n) is 2.13. The molecule has 0 aromatic heterocycles. The maximum absolute atomic E-state index is 11.3. The van der Waals surface area contributed by atoms with Crippen LogP contribution in [0, 0.1) is 5.92 Å². The Morgan fingerprint density at radius 3 is 2.38 bits per heavy atom. The van der Waals surface area contributed by atoms with Gasteiger partial charge in [0.05, 0.1) is 11.9 Å². The molecule has 1 aliphatic rings. The van der Waals surface area contributed by atoms with Gasteiger partial charge in [-0.3, -0.25) is 4.55 Å². The third-order valence-corrected chi connectivity index (χ3v) is 4.57. The minimum Gasteiger partial charge on any atom is -0.381 e. The Morgan fingerprint density at radius 1 is 1.31 bits per heavy atom. The van der Waals surface area contributed by atoms with Crippen LogP contribution < -0.4 is 0 Å². The molecule has 0 heterocycles. The summed E-state index contributed by atoms with van der Waals surface area (Å²) in [5.41, 5.74) is 2.28. The van der Waals surface area contributed by atoms with Crippen LogP contribution in [0.4, 0.5) is 0 Å². The minimum absolute atomic E-state index is 0.126. The molecule has 0 amide bonds. The van der Waals surface area contributed by atoms with E-state index in [4.69, 9.17) is 4.74 Å². The summed E-state index contributed by atoms with van der Waals surface area (Å²) in [7, 11) is -3.98. The first kappa shape index (κ1) is 13.7. The summed E-state index contributed by atoms with van der Waals surface area (Å²) < 4.78 is 37.1. The molecule has 5 heteroatoms. The summed E-state index contributed by atoms with van der Waals surface area (Å²) in [5, 5.41) is -0.706. The van der Waals surface area contributed by atoms with Crippen LogP contribution in [-0.4, -0.2) is 31.4 Å². The highest BCUT2D eigenvalue weighted by atomic mass is 32.2. The van der Waals surface area contributed by atoms with Gasteiger partial charge in [-0.05, 0) is 33.6 Å². The first-order valence-electron chi connectivity index (χ1n) is 5.55. The Bertz CT molecular complexity index is 369. The quantitative estimate of drug-likeness (QED) is 0.610. The fraction of sp³-hybridized carbons (Fsp3) is 0.818. The molecule has 0 spiro atoms. The molecular weight excluding hydrogens is 228 g/mol. The lowest BCUT2D eigenvalue weighted by molar-refractivity contribution is 0.105. The summed E-state index contributed by atoms with van der Waals surface area (Å²) in [6, 6.07) is 0. The zero-order valence-electron chi connectivity index (χ0n) is 10.1. The van der Waals surface area contributed by atoms with Crippen molar-refractivity contribution in [2.75, 3.05) is 13.2 Å². The highest BCUT2D eigenvalue weighted by Gasteiger charge is 2.35. The van der Waals surface area contributed by atoms with E-state index in [1.165, 1.54) is 5.57 Å². The van der Waals surface area contributed by atoms with E-state index in [0.29, 0.717) is 26.1 Å². The molecule has 0 radical (unpaired) electrons. The summed E-state index contributed by atoms with van der Waals surface area (Å²) in [5.74, 6) is -0.126. The first-order valence-corrected chi connectivity index (χ1v) is 7.05. The molecule has 1 rings (SSSR count). The van der Waals surface area contributed by atoms with Crippen molar-refractivity contribution >= 4 is 10.1 Å². The fourth-order valence-corrected chi connectivity index (χ4v) is 3.25. The van der Waals surface area contributed by atoms with Crippen molar-refractivity contribution in [1.29, 1.82) is 0 Å². The van der Waals surface area contributed by atoms with E-state index in [-0.39, 0.29) is 5.92 Å². The predicted molar refractivity (Wildman–Crippen MR) is 62.9 cm³/mol. The van der Waals surface area contributed by atoms with Gasteiger partial charge in [0.25, 0.3) is 10.1 Å². The van der Waals surface area contributed by atoms with Crippen molar-refractivity contribution < 1.29 is 17.7 Å². The third kappa shape index (κ3) is 3.30. The molecule has 0 fully saturated rings. The Morgan fingerprint density at radius 2 is 1.88 bits per heavy atom. The van der Waals surface area contributed by atoms with E-state index in [2.05, 4.69) is 0 Å². The lowest BCUT2D eigenvalue weighted by Gasteiger charge is -2.30. The second kappa shape index (κ2) is 5.29. The molecule has 1 N–H and O–H groups in total. The summed E-state index contributed by atoms with van der Waals surface area (Å²) >= 11 is 0. The van der Waals surface area contributed by atoms with E-state index in [0.717, 1.165) is 5.57 Å². The summed E-state index contributed by atoms with van der Waals surface area (Å²) in [4.78, 5) is 0. The van der Waals surface area contributed by atoms with Gasteiger partial charge in [0.1, 0.15) is 0 Å². The van der Waals surface area contributed by atoms with Gasteiger partial charge in [-0.25, -0.2) is 0 Å². The Labute approximate surface area is 97.4 Å². The highest BCUT2D eigenvalue weighted by Crippen LogP contribution is 2.33. The largest absolute Gasteiger partial charge is 0.381 e. The van der Waals surface area contributed by atoms with Gasteiger partial charge in [-0.2, -0.15) is 8.42 Å². The van der Waals surface area contributed by atoms with Crippen molar-refractivity contribution in [3.63, 3.8) is 0 Å². The average molecular weight is 248 g/mol. The van der Waals surface area contributed by atoms with Crippen molar-refractivity contribution in [3.05, 3.63) is 11.1 Å². The van der Waals surface area contributed by atoms with E-state index in [1.807, 2.05) is 20.8 Å². The van der Waals surface area contributed by atoms with Crippen LogP contribution in [0.15, 0.2) is 11.1 Å². The maximum Gasteiger partial charge on any atom is 0.268 e. The zero-order chi connectivity index (χ0) is 12.3. The molecule has 0 saturated heterocycles. The van der Waals surface area contributed by atoms with E-state index in [1.54, 1.807) is 0 Å². The number of hydrogen-bond acceptors (Lipinski definition) is 3. The minimum atomic E-state index is -3.98. The van der Waals surface area contributed by atoms with Gasteiger partial charge in [-0.1, -0.05) is 11.1 Å². The lowest BCUT2D eigenvalue weighted by atomic mass is 9.85. The first-order chi connectivity index (χ1) is 7.36. The van der Waals surface area contributed by atoms with Crippen molar-refractivity contribution in [1.82, 2.24) is 0 Å². The smallest absolute Gasteiger partial charge is 0.268 e. The SMILES string of the molecule is CCOC[C@H]1CC(C)=C(C)C[C@H]1S(=O)(=O)O. The van der Waals surface area contributed by atoms with Gasteiger partial charge in [-0.15, -0.1) is 0 Å². The molecule has 0 bridgehead atoms. The van der Waals surface area contributed by atoms with Gasteiger partial charge >= 0.3 is 0 Å². The van der Waals surface area contributed by atoms with Crippen LogP contribution >= 0.6 is 0 Å². The van der Waals surface area contributed by atoms with Gasteiger partial charge in [0, 0.05) is 12.5 Å². The molecule has 0 saturated carbocycles. The van der Waals surface area contributed by atoms with Crippen LogP contribution in [0.5, 0.6) is 0 Å². The van der Waals surface area contributed by atoms with Gasteiger partial charge in [0.15, 0.2) is 0 Å². The topological polar surface area (TPSA) is 63.6 Å². The standard InChI is InChI=1S/C11H20O4S/c1-4-15-7-10-5-8(2)9(3)6-11(10)16(12,13)14/h10-11H,4-7H2,1-3H3,(H,12,13,14)/t10-,11-/m1/s1. The molecule has 0 aromatic carbocycles. The van der Waals surface area contributed by atoms with Crippen LogP contribution in [0.25, 0.3) is 0 Å². The van der Waals surface area contributed by atoms with Crippen molar-refractivity contribution in [2.45, 2.75) is 38.9 Å². The summed E-state index contributed by atoms with van der Waals surface area (Å²) in [6.45, 7) is 6.76. The van der Waals surface area contributed by atoms with Crippen LogP contribution in [0.2, 0.25) is 0 Å². The van der Waals surface area contributed by atoms with E-state index in [9.17, 15) is 13.0 Å². The molecule has 94 valence electrons. The third-order valence-electron chi connectivity index (χ3n) is 3.25. The molecule has 1 aliphatic carbocycles. The molecule has 16 heavy (non-hydrogen) atoms. The normalized spacial score (nSPS) is 27.2. The number of ether oxygens (including phenoxy) is 1. The molecule has 0 aromatic rings. The van der Waals surface area contributed by atoms with Crippen molar-refractivity contribution in [2.24, 2.45) is 5.92 Å². The van der Waals surface area contributed by atoms with Crippen LogP contribution in [0.3, 0.4) is 0 Å². The van der Waals surface area contributed by atoms with E-state index >= 15 is 0 Å². The second-order valence-corrected chi connectivity index (χ2v) is 6.08. The number of rotatable bonds is 4. The van der Waals surface area contributed by atoms with Crippen LogP contribution in [-0.2, 0) is 14.9 Å². The van der Waals surface area contributed by atoms with Crippen molar-refractivity contribution in [3.8, 4) is 0 Å². The number of hydrogen-bond donors (Lipinski definition) is 1.